The number of ether oxygens (including phenoxy) is 1. The molecule has 2 aromatic rings. The van der Waals surface area contributed by atoms with Crippen molar-refractivity contribution in [2.45, 2.75) is 24.3 Å². The Bertz CT molecular complexity index is 782. The minimum atomic E-state index is -0.684. The van der Waals surface area contributed by atoms with E-state index in [9.17, 15) is 14.7 Å². The maximum atomic E-state index is 11.5. The highest BCUT2D eigenvalue weighted by molar-refractivity contribution is 6.35. The second-order valence-electron chi connectivity index (χ2n) is 7.57. The zero-order chi connectivity index (χ0) is 20.2. The van der Waals surface area contributed by atoms with E-state index in [1.165, 1.54) is 0 Å². The van der Waals surface area contributed by atoms with Gasteiger partial charge in [0.1, 0.15) is 6.10 Å². The van der Waals surface area contributed by atoms with Crippen molar-refractivity contribution >= 4 is 11.8 Å². The van der Waals surface area contributed by atoms with Gasteiger partial charge >= 0.3 is 11.8 Å². The highest BCUT2D eigenvalue weighted by Gasteiger charge is 2.40. The highest BCUT2D eigenvalue weighted by Crippen LogP contribution is 2.26. The lowest BCUT2D eigenvalue weighted by molar-refractivity contribution is -0.142. The molecule has 2 aliphatic rings. The summed E-state index contributed by atoms with van der Waals surface area (Å²) >= 11 is 0. The second kappa shape index (κ2) is 8.73. The van der Waals surface area contributed by atoms with Gasteiger partial charge in [0, 0.05) is 19.6 Å². The van der Waals surface area contributed by atoms with Gasteiger partial charge in [0.15, 0.2) is 0 Å². The number of benzene rings is 2. The summed E-state index contributed by atoms with van der Waals surface area (Å²) in [5.41, 5.74) is 2.06. The number of aliphatic hydroxyl groups is 1. The first-order chi connectivity index (χ1) is 14.1. The molecule has 0 aliphatic carbocycles. The van der Waals surface area contributed by atoms with Crippen LogP contribution in [0.4, 0.5) is 0 Å². The molecular formula is C22H25N3O4. The van der Waals surface area contributed by atoms with Gasteiger partial charge in [-0.3, -0.25) is 14.5 Å². The molecule has 3 atom stereocenters. The molecule has 2 amide bonds. The number of carbonyl (C=O) groups excluding carboxylic acids is 2. The van der Waals surface area contributed by atoms with Gasteiger partial charge in [0.05, 0.1) is 24.8 Å². The first-order valence-electron chi connectivity index (χ1n) is 9.83. The number of hydrogen-bond donors (Lipinski definition) is 3. The van der Waals surface area contributed by atoms with Gasteiger partial charge in [-0.15, -0.1) is 0 Å². The lowest BCUT2D eigenvalue weighted by Crippen LogP contribution is -2.61. The molecule has 152 valence electrons. The normalized spacial score (nSPS) is 22.8. The van der Waals surface area contributed by atoms with E-state index in [-0.39, 0.29) is 24.8 Å². The van der Waals surface area contributed by atoms with Crippen molar-refractivity contribution in [2.75, 3.05) is 26.2 Å². The second-order valence-corrected chi connectivity index (χ2v) is 7.57. The van der Waals surface area contributed by atoms with E-state index in [2.05, 4.69) is 10.6 Å². The number of likely N-dealkylation sites (tertiary alicyclic amines) is 1. The molecule has 2 saturated heterocycles. The topological polar surface area (TPSA) is 90.9 Å². The summed E-state index contributed by atoms with van der Waals surface area (Å²) in [6.07, 6.45) is -0.941. The van der Waals surface area contributed by atoms with Crippen molar-refractivity contribution in [2.24, 2.45) is 0 Å². The van der Waals surface area contributed by atoms with Crippen LogP contribution < -0.4 is 10.6 Å². The number of aliphatic hydroxyl groups excluding tert-OH is 1. The van der Waals surface area contributed by atoms with Crippen molar-refractivity contribution < 1.29 is 19.4 Å². The number of nitrogens with one attached hydrogen (secondary N) is 2. The predicted octanol–water partition coefficient (Wildman–Crippen LogP) is 0.452. The summed E-state index contributed by atoms with van der Waals surface area (Å²) in [5, 5.41) is 16.0. The maximum Gasteiger partial charge on any atom is 0.309 e. The molecule has 4 rings (SSSR count). The Morgan fingerprint density at radius 2 is 1.38 bits per heavy atom. The predicted molar refractivity (Wildman–Crippen MR) is 107 cm³/mol. The number of rotatable bonds is 7. The van der Waals surface area contributed by atoms with Crippen molar-refractivity contribution in [3.05, 3.63) is 71.8 Å². The van der Waals surface area contributed by atoms with E-state index in [0.29, 0.717) is 19.6 Å². The summed E-state index contributed by atoms with van der Waals surface area (Å²) < 4.78 is 6.12. The molecule has 2 heterocycles. The fourth-order valence-corrected chi connectivity index (χ4v) is 3.99. The molecule has 0 radical (unpaired) electrons. The Morgan fingerprint density at radius 3 is 1.86 bits per heavy atom. The molecule has 7 nitrogen and oxygen atoms in total. The van der Waals surface area contributed by atoms with Gasteiger partial charge in [-0.1, -0.05) is 60.7 Å². The van der Waals surface area contributed by atoms with Crippen LogP contribution in [0.5, 0.6) is 0 Å². The van der Waals surface area contributed by atoms with Crippen LogP contribution in [0, 0.1) is 0 Å². The van der Waals surface area contributed by atoms with Gasteiger partial charge in [-0.05, 0) is 11.1 Å². The van der Waals surface area contributed by atoms with E-state index in [4.69, 9.17) is 4.74 Å². The molecule has 7 heteroatoms. The zero-order valence-electron chi connectivity index (χ0n) is 16.0. The molecule has 0 saturated carbocycles. The lowest BCUT2D eigenvalue weighted by atomic mass is 10.0. The average Bonchev–Trinajstić information content (AvgIpc) is 3.11. The molecule has 2 aliphatic heterocycles. The first-order valence-corrected chi connectivity index (χ1v) is 9.83. The van der Waals surface area contributed by atoms with E-state index in [1.54, 1.807) is 0 Å². The third kappa shape index (κ3) is 4.64. The summed E-state index contributed by atoms with van der Waals surface area (Å²) in [5.74, 6) is -1.18. The fourth-order valence-electron chi connectivity index (χ4n) is 3.99. The van der Waals surface area contributed by atoms with Crippen LogP contribution in [0.15, 0.2) is 60.7 Å². The third-order valence-corrected chi connectivity index (χ3v) is 5.36. The molecule has 0 spiro atoms. The van der Waals surface area contributed by atoms with Crippen LogP contribution in [0.3, 0.4) is 0 Å². The van der Waals surface area contributed by atoms with E-state index >= 15 is 0 Å². The van der Waals surface area contributed by atoms with E-state index in [0.717, 1.165) is 11.1 Å². The van der Waals surface area contributed by atoms with Gasteiger partial charge in [-0.2, -0.15) is 0 Å². The van der Waals surface area contributed by atoms with Crippen LogP contribution in [0.25, 0.3) is 0 Å². The van der Waals surface area contributed by atoms with Crippen LogP contribution in [-0.4, -0.2) is 66.2 Å². The minimum absolute atomic E-state index is 0.116. The number of nitrogens with zero attached hydrogens (tertiary/aromatic N) is 1. The average molecular weight is 395 g/mol. The quantitative estimate of drug-likeness (QED) is 0.593. The van der Waals surface area contributed by atoms with Crippen molar-refractivity contribution in [1.29, 1.82) is 0 Å². The molecule has 2 aromatic carbocycles. The summed E-state index contributed by atoms with van der Waals surface area (Å²) in [6, 6.07) is 19.6. The summed E-state index contributed by atoms with van der Waals surface area (Å²) in [6.45, 7) is 1.77. The number of piperazine rings is 1. The number of hydrogen-bond acceptors (Lipinski definition) is 5. The van der Waals surface area contributed by atoms with Gasteiger partial charge in [0.25, 0.3) is 0 Å². The van der Waals surface area contributed by atoms with E-state index in [1.807, 2.05) is 65.6 Å². The molecule has 2 fully saturated rings. The van der Waals surface area contributed by atoms with Gasteiger partial charge < -0.3 is 20.5 Å². The van der Waals surface area contributed by atoms with Crippen molar-refractivity contribution in [3.8, 4) is 0 Å². The molecular weight excluding hydrogens is 370 g/mol. The molecule has 0 aromatic heterocycles. The molecule has 29 heavy (non-hydrogen) atoms. The largest absolute Gasteiger partial charge is 0.389 e. The summed E-state index contributed by atoms with van der Waals surface area (Å²) in [4.78, 5) is 25.0. The SMILES string of the molecule is O=C1N[C@H]2CN(CC(O)COC(c3ccccc3)c3ccccc3)C[C@H]2NC1=O. The summed E-state index contributed by atoms with van der Waals surface area (Å²) in [7, 11) is 0. The highest BCUT2D eigenvalue weighted by atomic mass is 16.5. The van der Waals surface area contributed by atoms with E-state index < -0.39 is 17.9 Å². The van der Waals surface area contributed by atoms with Gasteiger partial charge in [-0.25, -0.2) is 0 Å². The molecule has 1 unspecified atom stereocenters. The molecule has 0 bridgehead atoms. The Labute approximate surface area is 169 Å². The lowest BCUT2D eigenvalue weighted by Gasteiger charge is -2.25. The maximum absolute atomic E-state index is 11.5. The van der Waals surface area contributed by atoms with Crippen LogP contribution in [0.1, 0.15) is 17.2 Å². The monoisotopic (exact) mass is 395 g/mol. The first kappa shape index (κ1) is 19.6. The smallest absolute Gasteiger partial charge is 0.309 e. The number of β-amino-alcohol motifs (C(OH)–C–C–N with tert-alkyl or cyclic N) is 1. The van der Waals surface area contributed by atoms with Gasteiger partial charge in [0.2, 0.25) is 0 Å². The fraction of sp³-hybridized carbons (Fsp3) is 0.364. The van der Waals surface area contributed by atoms with Crippen molar-refractivity contribution in [3.63, 3.8) is 0 Å². The van der Waals surface area contributed by atoms with Crippen LogP contribution in [-0.2, 0) is 14.3 Å². The minimum Gasteiger partial charge on any atom is -0.389 e. The number of fused-ring (bicyclic) bond motifs is 1. The Balaban J connectivity index is 1.35. The third-order valence-electron chi connectivity index (χ3n) is 5.36. The number of amides is 2. The van der Waals surface area contributed by atoms with Crippen LogP contribution in [0.2, 0.25) is 0 Å². The standard InChI is InChI=1S/C22H25N3O4/c26-17(11-25-12-18-19(13-25)24-22(28)21(27)23-18)14-29-20(15-7-3-1-4-8-15)16-9-5-2-6-10-16/h1-10,17-20,26H,11-14H2,(H,23,27)(H,24,28)/t17?,18-,19+. The van der Waals surface area contributed by atoms with Crippen LogP contribution >= 0.6 is 0 Å². The molecule has 3 N–H and O–H groups in total. The zero-order valence-corrected chi connectivity index (χ0v) is 16.0. The van der Waals surface area contributed by atoms with Crippen molar-refractivity contribution in [1.82, 2.24) is 15.5 Å². The Hall–Kier alpha value is -2.74. The Kier molecular flexibility index (Phi) is 5.89. The Morgan fingerprint density at radius 1 is 0.897 bits per heavy atom. The number of carbonyl (C=O) groups is 2.